The molecule has 7 heteroatoms. The molecule has 0 N–H and O–H groups in total. The quantitative estimate of drug-likeness (QED) is 0.645. The fraction of sp³-hybridized carbons (Fsp3) is 0.304. The number of rotatable bonds is 3. The third kappa shape index (κ3) is 3.41. The molecule has 1 aromatic heterocycles. The molecule has 0 unspecified atom stereocenters. The molecule has 0 bridgehead atoms. The van der Waals surface area contributed by atoms with Crippen molar-refractivity contribution in [3.63, 3.8) is 0 Å². The van der Waals surface area contributed by atoms with Crippen LogP contribution < -0.4 is 9.64 Å². The molecule has 1 fully saturated rings. The Morgan fingerprint density at radius 1 is 1.13 bits per heavy atom. The first-order valence-electron chi connectivity index (χ1n) is 10.2. The summed E-state index contributed by atoms with van der Waals surface area (Å²) in [6.45, 7) is 5.77. The molecule has 0 spiro atoms. The Hall–Kier alpha value is -2.99. The number of piperazine rings is 1. The van der Waals surface area contributed by atoms with E-state index in [-0.39, 0.29) is 12.5 Å². The molecule has 0 saturated carbocycles. The minimum Gasteiger partial charge on any atom is -0.488 e. The normalized spacial score (nSPS) is 15.4. The van der Waals surface area contributed by atoms with Crippen LogP contribution >= 0.6 is 11.6 Å². The monoisotopic (exact) mass is 422 g/mol. The molecule has 154 valence electrons. The Morgan fingerprint density at radius 2 is 1.93 bits per heavy atom. The van der Waals surface area contributed by atoms with E-state index in [4.69, 9.17) is 16.3 Å². The molecule has 0 atom stereocenters. The summed E-state index contributed by atoms with van der Waals surface area (Å²) in [5.74, 6) is 0.928. The number of halogens is 1. The molecule has 1 amide bonds. The second-order valence-electron chi connectivity index (χ2n) is 7.76. The van der Waals surface area contributed by atoms with Gasteiger partial charge >= 0.3 is 0 Å². The maximum atomic E-state index is 13.0. The number of hydrogen-bond donors (Lipinski definition) is 0. The third-order valence-electron chi connectivity index (χ3n) is 5.87. The molecule has 3 aromatic rings. The van der Waals surface area contributed by atoms with Gasteiger partial charge < -0.3 is 14.5 Å². The molecular weight excluding hydrogens is 400 g/mol. The second kappa shape index (κ2) is 7.69. The van der Waals surface area contributed by atoms with E-state index in [1.165, 1.54) is 5.56 Å². The van der Waals surface area contributed by atoms with Gasteiger partial charge in [0.2, 0.25) is 5.91 Å². The van der Waals surface area contributed by atoms with Crippen molar-refractivity contribution in [2.45, 2.75) is 20.1 Å². The molecule has 5 rings (SSSR count). The lowest BCUT2D eigenvalue weighted by molar-refractivity contribution is -0.132. The number of para-hydroxylation sites is 1. The van der Waals surface area contributed by atoms with E-state index in [0.29, 0.717) is 19.7 Å². The highest BCUT2D eigenvalue weighted by atomic mass is 35.5. The number of ether oxygens (including phenoxy) is 1. The van der Waals surface area contributed by atoms with Gasteiger partial charge in [-0.25, -0.2) is 0 Å². The Kier molecular flexibility index (Phi) is 4.87. The molecule has 2 aliphatic rings. The third-order valence-corrected chi connectivity index (χ3v) is 6.10. The molecule has 0 radical (unpaired) electrons. The lowest BCUT2D eigenvalue weighted by Crippen LogP contribution is -2.49. The van der Waals surface area contributed by atoms with Gasteiger partial charge in [0.25, 0.3) is 0 Å². The first-order valence-corrected chi connectivity index (χ1v) is 10.5. The zero-order valence-corrected chi connectivity index (χ0v) is 17.6. The van der Waals surface area contributed by atoms with Crippen molar-refractivity contribution >= 4 is 23.2 Å². The van der Waals surface area contributed by atoms with Crippen LogP contribution in [-0.4, -0.2) is 46.8 Å². The lowest BCUT2D eigenvalue weighted by Gasteiger charge is -2.37. The molecular formula is C23H23ClN4O2. The zero-order chi connectivity index (χ0) is 20.7. The summed E-state index contributed by atoms with van der Waals surface area (Å²) in [6.07, 6.45) is 1.80. The average Bonchev–Trinajstić information content (AvgIpc) is 3.19. The van der Waals surface area contributed by atoms with Crippen LogP contribution in [0.5, 0.6) is 5.75 Å². The molecule has 2 aromatic carbocycles. The van der Waals surface area contributed by atoms with Crippen molar-refractivity contribution in [3.05, 3.63) is 64.8 Å². The van der Waals surface area contributed by atoms with E-state index in [2.05, 4.69) is 16.9 Å². The number of anilines is 1. The van der Waals surface area contributed by atoms with Crippen LogP contribution in [0.3, 0.4) is 0 Å². The average molecular weight is 423 g/mol. The first-order chi connectivity index (χ1) is 14.6. The van der Waals surface area contributed by atoms with Gasteiger partial charge in [-0.15, -0.1) is 0 Å². The Labute approximate surface area is 180 Å². The highest BCUT2D eigenvalue weighted by Crippen LogP contribution is 2.37. The number of amides is 1. The van der Waals surface area contributed by atoms with E-state index in [1.54, 1.807) is 6.20 Å². The zero-order valence-electron chi connectivity index (χ0n) is 16.8. The summed E-state index contributed by atoms with van der Waals surface area (Å²) in [5, 5.41) is 5.22. The standard InChI is InChI=1S/C23H23ClN4O2/c1-16-6-7-18(24)12-20(16)26-8-10-27(11-9-26)22(29)14-28-23-17(13-25-28)15-30-21-5-3-2-4-19(21)23/h2-7,12-13H,8-11,14-15H2,1H3. The van der Waals surface area contributed by atoms with E-state index in [1.807, 2.05) is 52.0 Å². The smallest absolute Gasteiger partial charge is 0.244 e. The maximum absolute atomic E-state index is 13.0. The van der Waals surface area contributed by atoms with Crippen molar-refractivity contribution < 1.29 is 9.53 Å². The van der Waals surface area contributed by atoms with Gasteiger partial charge in [0.1, 0.15) is 18.9 Å². The summed E-state index contributed by atoms with van der Waals surface area (Å²) in [7, 11) is 0. The lowest BCUT2D eigenvalue weighted by atomic mass is 10.0. The van der Waals surface area contributed by atoms with Crippen molar-refractivity contribution in [2.24, 2.45) is 0 Å². The van der Waals surface area contributed by atoms with Crippen LogP contribution in [0.4, 0.5) is 5.69 Å². The number of carbonyl (C=O) groups is 1. The summed E-state index contributed by atoms with van der Waals surface area (Å²) < 4.78 is 7.60. The Balaban J connectivity index is 1.28. The molecule has 2 aliphatic heterocycles. The molecule has 1 saturated heterocycles. The van der Waals surface area contributed by atoms with Crippen LogP contribution in [0.25, 0.3) is 11.3 Å². The van der Waals surface area contributed by atoms with E-state index >= 15 is 0 Å². The highest BCUT2D eigenvalue weighted by molar-refractivity contribution is 6.30. The van der Waals surface area contributed by atoms with Gasteiger partial charge in [0.05, 0.1) is 11.9 Å². The fourth-order valence-corrected chi connectivity index (χ4v) is 4.42. The van der Waals surface area contributed by atoms with Crippen molar-refractivity contribution in [1.29, 1.82) is 0 Å². The summed E-state index contributed by atoms with van der Waals surface area (Å²) in [5.41, 5.74) is 5.34. The van der Waals surface area contributed by atoms with Gasteiger partial charge in [0, 0.05) is 48.0 Å². The number of carbonyl (C=O) groups excluding carboxylic acids is 1. The molecule has 0 aliphatic carbocycles. The Morgan fingerprint density at radius 3 is 2.77 bits per heavy atom. The van der Waals surface area contributed by atoms with Crippen LogP contribution in [0, 0.1) is 6.92 Å². The largest absolute Gasteiger partial charge is 0.488 e. The molecule has 3 heterocycles. The minimum atomic E-state index is 0.0901. The minimum absolute atomic E-state index is 0.0901. The van der Waals surface area contributed by atoms with Crippen LogP contribution in [-0.2, 0) is 17.9 Å². The number of aromatic nitrogens is 2. The topological polar surface area (TPSA) is 50.6 Å². The number of fused-ring (bicyclic) bond motifs is 3. The highest BCUT2D eigenvalue weighted by Gasteiger charge is 2.26. The van der Waals surface area contributed by atoms with Crippen LogP contribution in [0.2, 0.25) is 5.02 Å². The first kappa shape index (κ1) is 19.0. The predicted molar refractivity (Wildman–Crippen MR) is 117 cm³/mol. The van der Waals surface area contributed by atoms with E-state index < -0.39 is 0 Å². The molecule has 30 heavy (non-hydrogen) atoms. The van der Waals surface area contributed by atoms with Crippen molar-refractivity contribution in [2.75, 3.05) is 31.1 Å². The number of benzene rings is 2. The van der Waals surface area contributed by atoms with Gasteiger partial charge in [-0.2, -0.15) is 5.10 Å². The number of nitrogens with zero attached hydrogens (tertiary/aromatic N) is 4. The summed E-state index contributed by atoms with van der Waals surface area (Å²) in [4.78, 5) is 17.2. The van der Waals surface area contributed by atoms with Gasteiger partial charge in [0.15, 0.2) is 0 Å². The summed E-state index contributed by atoms with van der Waals surface area (Å²) >= 11 is 6.18. The van der Waals surface area contributed by atoms with E-state index in [9.17, 15) is 4.79 Å². The number of aryl methyl sites for hydroxylation is 1. The molecule has 6 nitrogen and oxygen atoms in total. The van der Waals surface area contributed by atoms with Crippen LogP contribution in [0.15, 0.2) is 48.7 Å². The second-order valence-corrected chi connectivity index (χ2v) is 8.20. The van der Waals surface area contributed by atoms with Gasteiger partial charge in [-0.05, 0) is 36.8 Å². The van der Waals surface area contributed by atoms with Gasteiger partial charge in [-0.3, -0.25) is 9.48 Å². The predicted octanol–water partition coefficient (Wildman–Crippen LogP) is 3.75. The van der Waals surface area contributed by atoms with Gasteiger partial charge in [-0.1, -0.05) is 29.8 Å². The van der Waals surface area contributed by atoms with Crippen molar-refractivity contribution in [3.8, 4) is 17.0 Å². The van der Waals surface area contributed by atoms with E-state index in [0.717, 1.165) is 46.4 Å². The van der Waals surface area contributed by atoms with Crippen LogP contribution in [0.1, 0.15) is 11.1 Å². The Bertz CT molecular complexity index is 1100. The SMILES string of the molecule is Cc1ccc(Cl)cc1N1CCN(C(=O)Cn2ncc3c2-c2ccccc2OC3)CC1. The number of hydrogen-bond acceptors (Lipinski definition) is 4. The van der Waals surface area contributed by atoms with Crippen molar-refractivity contribution in [1.82, 2.24) is 14.7 Å². The fourth-order valence-electron chi connectivity index (χ4n) is 4.25. The maximum Gasteiger partial charge on any atom is 0.244 e. The summed E-state index contributed by atoms with van der Waals surface area (Å²) in [6, 6.07) is 13.9.